The second-order valence-corrected chi connectivity index (χ2v) is 5.32. The van der Waals surface area contributed by atoms with Gasteiger partial charge in [-0.2, -0.15) is 0 Å². The van der Waals surface area contributed by atoms with Crippen LogP contribution in [0.5, 0.6) is 0 Å². The zero-order valence-corrected chi connectivity index (χ0v) is 11.2. The number of aryl methyl sites for hydroxylation is 1. The average Bonchev–Trinajstić information content (AvgIpc) is 2.75. The van der Waals surface area contributed by atoms with Crippen molar-refractivity contribution >= 4 is 5.91 Å². The van der Waals surface area contributed by atoms with Crippen LogP contribution in [0.15, 0.2) is 16.5 Å². The Bertz CT molecular complexity index is 406. The molecule has 0 atom stereocenters. The summed E-state index contributed by atoms with van der Waals surface area (Å²) in [6.45, 7) is 2.46. The van der Waals surface area contributed by atoms with E-state index in [0.717, 1.165) is 37.2 Å². The number of nitrogens with zero attached hydrogens (tertiary/aromatic N) is 1. The summed E-state index contributed by atoms with van der Waals surface area (Å²) in [5, 5.41) is 0. The molecule has 2 rings (SSSR count). The number of carbonyl (C=O) groups excluding carboxylic acids is 1. The van der Waals surface area contributed by atoms with Gasteiger partial charge in [0.15, 0.2) is 0 Å². The molecule has 0 aromatic carbocycles. The number of amides is 1. The fraction of sp³-hybridized carbons (Fsp3) is 0.643. The molecule has 100 valence electrons. The molecule has 4 nitrogen and oxygen atoms in total. The smallest absolute Gasteiger partial charge is 0.225 e. The third-order valence-electron chi connectivity index (χ3n) is 3.69. The Balaban J connectivity index is 1.88. The molecule has 0 radical (unpaired) electrons. The van der Waals surface area contributed by atoms with Gasteiger partial charge in [-0.25, -0.2) is 0 Å². The predicted octanol–water partition coefficient (Wildman–Crippen LogP) is 2.06. The summed E-state index contributed by atoms with van der Waals surface area (Å²) < 4.78 is 5.49. The van der Waals surface area contributed by atoms with Crippen molar-refractivity contribution in [1.82, 2.24) is 4.90 Å². The lowest BCUT2D eigenvalue weighted by Crippen LogP contribution is -2.37. The van der Waals surface area contributed by atoms with Crippen LogP contribution in [0.2, 0.25) is 0 Å². The van der Waals surface area contributed by atoms with E-state index in [2.05, 4.69) is 0 Å². The molecular formula is C14H22N2O2. The SMILES string of the molecule is Cc1ccc(CN(C)C(=O)C2CCC(N)CC2)o1. The molecule has 0 aliphatic heterocycles. The van der Waals surface area contributed by atoms with Gasteiger partial charge in [0.2, 0.25) is 5.91 Å². The third-order valence-corrected chi connectivity index (χ3v) is 3.69. The van der Waals surface area contributed by atoms with E-state index < -0.39 is 0 Å². The van der Waals surface area contributed by atoms with Crippen LogP contribution in [0, 0.1) is 12.8 Å². The number of hydrogen-bond acceptors (Lipinski definition) is 3. The minimum Gasteiger partial charge on any atom is -0.464 e. The van der Waals surface area contributed by atoms with Crippen LogP contribution in [0.25, 0.3) is 0 Å². The Labute approximate surface area is 108 Å². The largest absolute Gasteiger partial charge is 0.464 e. The van der Waals surface area contributed by atoms with Gasteiger partial charge in [-0.1, -0.05) is 0 Å². The van der Waals surface area contributed by atoms with Gasteiger partial charge in [-0.05, 0) is 44.7 Å². The first-order valence-corrected chi connectivity index (χ1v) is 6.62. The van der Waals surface area contributed by atoms with Crippen molar-refractivity contribution in [3.05, 3.63) is 23.7 Å². The molecule has 2 N–H and O–H groups in total. The van der Waals surface area contributed by atoms with Gasteiger partial charge in [0.05, 0.1) is 6.54 Å². The van der Waals surface area contributed by atoms with E-state index in [-0.39, 0.29) is 17.9 Å². The Kier molecular flexibility index (Phi) is 4.07. The van der Waals surface area contributed by atoms with Crippen LogP contribution in [0.1, 0.15) is 37.2 Å². The van der Waals surface area contributed by atoms with Crippen LogP contribution in [-0.4, -0.2) is 23.9 Å². The molecule has 1 aromatic heterocycles. The zero-order chi connectivity index (χ0) is 13.1. The standard InChI is InChI=1S/C14H22N2O2/c1-10-3-8-13(18-10)9-16(2)14(17)11-4-6-12(15)7-5-11/h3,8,11-12H,4-7,9,15H2,1-2H3. The maximum atomic E-state index is 12.3. The molecule has 4 heteroatoms. The van der Waals surface area contributed by atoms with Crippen molar-refractivity contribution in [3.63, 3.8) is 0 Å². The molecule has 1 amide bonds. The van der Waals surface area contributed by atoms with Crippen molar-refractivity contribution in [2.45, 2.75) is 45.2 Å². The second kappa shape index (κ2) is 5.57. The topological polar surface area (TPSA) is 59.5 Å². The van der Waals surface area contributed by atoms with Gasteiger partial charge in [0.25, 0.3) is 0 Å². The van der Waals surface area contributed by atoms with E-state index >= 15 is 0 Å². The maximum Gasteiger partial charge on any atom is 0.225 e. The number of carbonyl (C=O) groups is 1. The van der Waals surface area contributed by atoms with E-state index in [1.165, 1.54) is 0 Å². The van der Waals surface area contributed by atoms with Gasteiger partial charge in [-0.15, -0.1) is 0 Å². The molecule has 0 spiro atoms. The van der Waals surface area contributed by atoms with Gasteiger partial charge >= 0.3 is 0 Å². The Morgan fingerprint density at radius 3 is 2.61 bits per heavy atom. The Morgan fingerprint density at radius 1 is 1.39 bits per heavy atom. The molecule has 18 heavy (non-hydrogen) atoms. The Hall–Kier alpha value is -1.29. The quantitative estimate of drug-likeness (QED) is 0.893. The second-order valence-electron chi connectivity index (χ2n) is 5.32. The molecule has 0 bridgehead atoms. The third kappa shape index (κ3) is 3.13. The molecule has 1 saturated carbocycles. The molecular weight excluding hydrogens is 228 g/mol. The minimum atomic E-state index is 0.144. The number of furan rings is 1. The van der Waals surface area contributed by atoms with Gasteiger partial charge in [0, 0.05) is 19.0 Å². The molecule has 1 aliphatic rings. The van der Waals surface area contributed by atoms with Crippen LogP contribution in [-0.2, 0) is 11.3 Å². The lowest BCUT2D eigenvalue weighted by molar-refractivity contribution is -0.136. The first-order valence-electron chi connectivity index (χ1n) is 6.62. The first-order chi connectivity index (χ1) is 8.56. The molecule has 0 unspecified atom stereocenters. The van der Waals surface area contributed by atoms with Crippen LogP contribution >= 0.6 is 0 Å². The molecule has 1 fully saturated rings. The fourth-order valence-electron chi connectivity index (χ4n) is 2.56. The summed E-state index contributed by atoms with van der Waals surface area (Å²) in [6, 6.07) is 4.13. The summed E-state index contributed by atoms with van der Waals surface area (Å²) in [6.07, 6.45) is 3.76. The molecule has 1 aliphatic carbocycles. The van der Waals surface area contributed by atoms with E-state index in [4.69, 9.17) is 10.2 Å². The Morgan fingerprint density at radius 2 is 2.06 bits per heavy atom. The molecule has 1 aromatic rings. The fourth-order valence-corrected chi connectivity index (χ4v) is 2.56. The lowest BCUT2D eigenvalue weighted by atomic mass is 9.85. The minimum absolute atomic E-state index is 0.144. The van der Waals surface area contributed by atoms with Crippen LogP contribution in [0.3, 0.4) is 0 Å². The van der Waals surface area contributed by atoms with Crippen LogP contribution < -0.4 is 5.73 Å². The van der Waals surface area contributed by atoms with Gasteiger partial charge in [0.1, 0.15) is 11.5 Å². The normalized spacial score (nSPS) is 23.9. The highest BCUT2D eigenvalue weighted by molar-refractivity contribution is 5.78. The molecule has 0 saturated heterocycles. The first kappa shape index (κ1) is 13.1. The van der Waals surface area contributed by atoms with Crippen molar-refractivity contribution in [1.29, 1.82) is 0 Å². The van der Waals surface area contributed by atoms with Gasteiger partial charge < -0.3 is 15.1 Å². The highest BCUT2D eigenvalue weighted by Gasteiger charge is 2.27. The van der Waals surface area contributed by atoms with Gasteiger partial charge in [-0.3, -0.25) is 4.79 Å². The van der Waals surface area contributed by atoms with E-state index in [1.54, 1.807) is 4.90 Å². The maximum absolute atomic E-state index is 12.3. The van der Waals surface area contributed by atoms with Crippen molar-refractivity contribution in [2.24, 2.45) is 11.7 Å². The van der Waals surface area contributed by atoms with Crippen LogP contribution in [0.4, 0.5) is 0 Å². The van der Waals surface area contributed by atoms with E-state index in [0.29, 0.717) is 6.54 Å². The summed E-state index contributed by atoms with van der Waals surface area (Å²) in [7, 11) is 1.84. The predicted molar refractivity (Wildman–Crippen MR) is 69.9 cm³/mol. The number of nitrogens with two attached hydrogens (primary N) is 1. The summed E-state index contributed by atoms with van der Waals surface area (Å²) >= 11 is 0. The zero-order valence-electron chi connectivity index (χ0n) is 11.2. The molecule has 1 heterocycles. The number of hydrogen-bond donors (Lipinski definition) is 1. The highest BCUT2D eigenvalue weighted by Crippen LogP contribution is 2.25. The van der Waals surface area contributed by atoms with Crippen molar-refractivity contribution in [2.75, 3.05) is 7.05 Å². The highest BCUT2D eigenvalue weighted by atomic mass is 16.3. The van der Waals surface area contributed by atoms with E-state index in [1.807, 2.05) is 26.1 Å². The number of rotatable bonds is 3. The van der Waals surface area contributed by atoms with Crippen molar-refractivity contribution in [3.8, 4) is 0 Å². The van der Waals surface area contributed by atoms with E-state index in [9.17, 15) is 4.79 Å². The summed E-state index contributed by atoms with van der Waals surface area (Å²) in [4.78, 5) is 14.0. The monoisotopic (exact) mass is 250 g/mol. The lowest BCUT2D eigenvalue weighted by Gasteiger charge is -2.28. The summed E-state index contributed by atoms with van der Waals surface area (Å²) in [5.74, 6) is 2.09. The summed E-state index contributed by atoms with van der Waals surface area (Å²) in [5.41, 5.74) is 5.86. The van der Waals surface area contributed by atoms with Crippen molar-refractivity contribution < 1.29 is 9.21 Å². The average molecular weight is 250 g/mol.